The van der Waals surface area contributed by atoms with Crippen molar-refractivity contribution in [2.45, 2.75) is 18.8 Å². The van der Waals surface area contributed by atoms with Gasteiger partial charge in [-0.05, 0) is 30.3 Å². The Morgan fingerprint density at radius 3 is 2.75 bits per heavy atom. The van der Waals surface area contributed by atoms with Crippen LogP contribution in [0.1, 0.15) is 34.2 Å². The number of hydrogen-bond acceptors (Lipinski definition) is 5. The van der Waals surface area contributed by atoms with Gasteiger partial charge >= 0.3 is 6.03 Å². The second-order valence-corrected chi connectivity index (χ2v) is 7.12. The molecule has 0 saturated carbocycles. The van der Waals surface area contributed by atoms with Gasteiger partial charge < -0.3 is 9.73 Å². The predicted octanol–water partition coefficient (Wildman–Crippen LogP) is 4.93. The first-order valence-electron chi connectivity index (χ1n) is 8.45. The Morgan fingerprint density at radius 1 is 1.14 bits per heavy atom. The fourth-order valence-electron chi connectivity index (χ4n) is 3.07. The third-order valence-corrected chi connectivity index (χ3v) is 5.13. The number of carbonyl (C=O) groups is 2. The zero-order chi connectivity index (χ0) is 19.7. The number of urea groups is 1. The van der Waals surface area contributed by atoms with Crippen LogP contribution < -0.4 is 10.6 Å². The molecule has 0 saturated heterocycles. The van der Waals surface area contributed by atoms with Crippen LogP contribution in [0.25, 0.3) is 0 Å². The lowest BCUT2D eigenvalue weighted by Crippen LogP contribution is -2.24. The van der Waals surface area contributed by atoms with Crippen molar-refractivity contribution < 1.29 is 14.0 Å². The van der Waals surface area contributed by atoms with Crippen LogP contribution in [0.5, 0.6) is 0 Å². The molecule has 3 aromatic rings. The molecule has 4 rings (SSSR count). The van der Waals surface area contributed by atoms with Gasteiger partial charge in [-0.1, -0.05) is 23.2 Å². The lowest BCUT2D eigenvalue weighted by atomic mass is 9.85. The van der Waals surface area contributed by atoms with E-state index in [0.29, 0.717) is 39.8 Å². The highest BCUT2D eigenvalue weighted by atomic mass is 35.5. The number of halogens is 2. The molecule has 1 aliphatic carbocycles. The summed E-state index contributed by atoms with van der Waals surface area (Å²) in [6.45, 7) is 0. The normalized spacial score (nSPS) is 15.8. The highest BCUT2D eigenvalue weighted by Crippen LogP contribution is 2.32. The largest absolute Gasteiger partial charge is 0.469 e. The molecule has 2 heterocycles. The monoisotopic (exact) mass is 416 g/mol. The fraction of sp³-hybridized carbons (Fsp3) is 0.158. The first kappa shape index (κ1) is 18.5. The van der Waals surface area contributed by atoms with E-state index in [1.165, 1.54) is 12.3 Å². The molecule has 1 aromatic carbocycles. The summed E-state index contributed by atoms with van der Waals surface area (Å²) in [5.41, 5.74) is 1.52. The highest BCUT2D eigenvalue weighted by Gasteiger charge is 2.29. The van der Waals surface area contributed by atoms with Gasteiger partial charge in [-0.25, -0.2) is 14.8 Å². The van der Waals surface area contributed by atoms with Crippen molar-refractivity contribution >= 4 is 46.7 Å². The van der Waals surface area contributed by atoms with Crippen molar-refractivity contribution in [3.63, 3.8) is 0 Å². The van der Waals surface area contributed by atoms with E-state index >= 15 is 0 Å². The summed E-state index contributed by atoms with van der Waals surface area (Å²) in [4.78, 5) is 33.0. The van der Waals surface area contributed by atoms with E-state index in [4.69, 9.17) is 27.6 Å². The summed E-state index contributed by atoms with van der Waals surface area (Å²) in [5.74, 6) is 0.714. The van der Waals surface area contributed by atoms with Crippen LogP contribution in [0, 0.1) is 0 Å². The SMILES string of the molecule is O=C(Nc1ccc(Cl)c(Cl)c1)Nc1ncc2c(n1)C[C@@H](c1ccco1)CC2=O. The van der Waals surface area contributed by atoms with Crippen molar-refractivity contribution in [1.29, 1.82) is 0 Å². The number of nitrogens with zero attached hydrogens (tertiary/aromatic N) is 2. The molecule has 2 N–H and O–H groups in total. The Bertz CT molecular complexity index is 1050. The molecular weight excluding hydrogens is 403 g/mol. The van der Waals surface area contributed by atoms with E-state index in [9.17, 15) is 9.59 Å². The predicted molar refractivity (Wildman–Crippen MR) is 105 cm³/mol. The van der Waals surface area contributed by atoms with Gasteiger partial charge in [0.15, 0.2) is 5.78 Å². The van der Waals surface area contributed by atoms with E-state index in [0.717, 1.165) is 5.76 Å². The highest BCUT2D eigenvalue weighted by molar-refractivity contribution is 6.42. The fourth-order valence-corrected chi connectivity index (χ4v) is 3.37. The number of anilines is 2. The molecule has 0 bridgehead atoms. The van der Waals surface area contributed by atoms with E-state index in [-0.39, 0.29) is 17.6 Å². The zero-order valence-corrected chi connectivity index (χ0v) is 15.9. The minimum absolute atomic E-state index is 0.0468. The number of benzene rings is 1. The first-order valence-corrected chi connectivity index (χ1v) is 9.21. The number of Topliss-reactive ketones (excluding diaryl/α,β-unsaturated/α-hetero) is 1. The van der Waals surface area contributed by atoms with Crippen LogP contribution in [-0.2, 0) is 6.42 Å². The quantitative estimate of drug-likeness (QED) is 0.630. The van der Waals surface area contributed by atoms with Gasteiger partial charge in [0.1, 0.15) is 5.76 Å². The third-order valence-electron chi connectivity index (χ3n) is 4.39. The van der Waals surface area contributed by atoms with Crippen molar-refractivity contribution in [2.24, 2.45) is 0 Å². The molecule has 0 spiro atoms. The average Bonchev–Trinajstić information content (AvgIpc) is 3.19. The van der Waals surface area contributed by atoms with Gasteiger partial charge in [0, 0.05) is 30.6 Å². The van der Waals surface area contributed by atoms with Crippen molar-refractivity contribution in [1.82, 2.24) is 9.97 Å². The number of nitrogens with one attached hydrogen (secondary N) is 2. The summed E-state index contributed by atoms with van der Waals surface area (Å²) in [6, 6.07) is 7.82. The molecule has 2 aromatic heterocycles. The lowest BCUT2D eigenvalue weighted by Gasteiger charge is -2.21. The number of carbonyl (C=O) groups excluding carboxylic acids is 2. The third kappa shape index (κ3) is 3.85. The minimum Gasteiger partial charge on any atom is -0.469 e. The summed E-state index contributed by atoms with van der Waals surface area (Å²) in [6.07, 6.45) is 3.89. The molecule has 0 unspecified atom stereocenters. The summed E-state index contributed by atoms with van der Waals surface area (Å²) >= 11 is 11.8. The van der Waals surface area contributed by atoms with Crippen molar-refractivity contribution in [3.05, 3.63) is 69.9 Å². The Kier molecular flexibility index (Phi) is 5.02. The number of amides is 2. The molecule has 1 atom stereocenters. The summed E-state index contributed by atoms with van der Waals surface area (Å²) in [7, 11) is 0. The average molecular weight is 417 g/mol. The van der Waals surface area contributed by atoms with Crippen LogP contribution in [0.3, 0.4) is 0 Å². The minimum atomic E-state index is -0.539. The van der Waals surface area contributed by atoms with Gasteiger partial charge in [-0.15, -0.1) is 0 Å². The Labute approximate surface area is 170 Å². The van der Waals surface area contributed by atoms with Crippen molar-refractivity contribution in [3.8, 4) is 0 Å². The van der Waals surface area contributed by atoms with Gasteiger partial charge in [-0.2, -0.15) is 0 Å². The molecular formula is C19H14Cl2N4O3. The van der Waals surface area contributed by atoms with E-state index < -0.39 is 6.03 Å². The number of furan rings is 1. The Balaban J connectivity index is 1.49. The Morgan fingerprint density at radius 2 is 2.00 bits per heavy atom. The van der Waals surface area contributed by atoms with Crippen LogP contribution in [0.15, 0.2) is 47.2 Å². The molecule has 2 amide bonds. The summed E-state index contributed by atoms with van der Waals surface area (Å²) in [5, 5.41) is 5.90. The van der Waals surface area contributed by atoms with Crippen molar-refractivity contribution in [2.75, 3.05) is 10.6 Å². The summed E-state index contributed by atoms with van der Waals surface area (Å²) < 4.78 is 5.42. The maximum atomic E-state index is 12.4. The smallest absolute Gasteiger partial charge is 0.326 e. The van der Waals surface area contributed by atoms with E-state index in [1.807, 2.05) is 6.07 Å². The number of fused-ring (bicyclic) bond motifs is 1. The topological polar surface area (TPSA) is 97.1 Å². The molecule has 0 aliphatic heterocycles. The number of hydrogen-bond donors (Lipinski definition) is 2. The van der Waals surface area contributed by atoms with Crippen LogP contribution in [0.2, 0.25) is 10.0 Å². The molecule has 28 heavy (non-hydrogen) atoms. The Hall–Kier alpha value is -2.90. The van der Waals surface area contributed by atoms with E-state index in [1.54, 1.807) is 24.5 Å². The van der Waals surface area contributed by atoms with Gasteiger partial charge in [-0.3, -0.25) is 10.1 Å². The number of rotatable bonds is 3. The van der Waals surface area contributed by atoms with Crippen LogP contribution in [-0.4, -0.2) is 21.8 Å². The molecule has 7 nitrogen and oxygen atoms in total. The van der Waals surface area contributed by atoms with Gasteiger partial charge in [0.25, 0.3) is 0 Å². The molecule has 0 radical (unpaired) electrons. The van der Waals surface area contributed by atoms with Gasteiger partial charge in [0.05, 0.1) is 27.6 Å². The van der Waals surface area contributed by atoms with Gasteiger partial charge in [0.2, 0.25) is 5.95 Å². The lowest BCUT2D eigenvalue weighted by molar-refractivity contribution is 0.0958. The molecule has 142 valence electrons. The number of aromatic nitrogens is 2. The molecule has 1 aliphatic rings. The maximum absolute atomic E-state index is 12.4. The zero-order valence-electron chi connectivity index (χ0n) is 14.4. The first-order chi connectivity index (χ1) is 13.5. The van der Waals surface area contributed by atoms with Crippen LogP contribution in [0.4, 0.5) is 16.4 Å². The second-order valence-electron chi connectivity index (χ2n) is 6.31. The standard InChI is InChI=1S/C19H14Cl2N4O3/c20-13-4-3-11(8-14(13)21)23-19(27)25-18-22-9-12-15(24-18)6-10(7-16(12)26)17-2-1-5-28-17/h1-5,8-10H,6-7H2,(H2,22,23,24,25,27)/t10-/m1/s1. The second kappa shape index (κ2) is 7.61. The number of ketones is 1. The maximum Gasteiger partial charge on any atom is 0.326 e. The van der Waals surface area contributed by atoms with E-state index in [2.05, 4.69) is 20.6 Å². The molecule has 9 heteroatoms. The molecule has 0 fully saturated rings. The van der Waals surface area contributed by atoms with Crippen LogP contribution >= 0.6 is 23.2 Å².